The van der Waals surface area contributed by atoms with Gasteiger partial charge in [0.1, 0.15) is 5.82 Å². The van der Waals surface area contributed by atoms with Gasteiger partial charge in [0.2, 0.25) is 5.91 Å². The lowest BCUT2D eigenvalue weighted by Crippen LogP contribution is -2.46. The molecular formula is C13H15FN2O5. The molecule has 0 radical (unpaired) electrons. The smallest absolute Gasteiger partial charge is 0.337 e. The first-order valence-corrected chi connectivity index (χ1v) is 5.94. The third-order valence-electron chi connectivity index (χ3n) is 2.59. The summed E-state index contributed by atoms with van der Waals surface area (Å²) in [5.41, 5.74) is -2.32. The molecule has 1 aromatic rings. The maximum Gasteiger partial charge on any atom is 0.337 e. The van der Waals surface area contributed by atoms with Gasteiger partial charge in [0.15, 0.2) is 5.60 Å². The highest BCUT2D eigenvalue weighted by molar-refractivity contribution is 5.97. The standard InChI is InChI=1S/C13H15FN2O5/c1-7(17)16-8-3-4-10(14)9(5-8)11(18)15-6-13(2,21)12(19)20/h3-5,21H,6H2,1-2H3,(H,15,18)(H,16,17)(H,19,20). The monoisotopic (exact) mass is 298 g/mol. The number of hydrogen-bond acceptors (Lipinski definition) is 4. The Morgan fingerprint density at radius 3 is 2.48 bits per heavy atom. The predicted octanol–water partition coefficient (Wildman–Crippen LogP) is 0.349. The number of aliphatic hydroxyl groups is 1. The van der Waals surface area contributed by atoms with Crippen molar-refractivity contribution in [2.75, 3.05) is 11.9 Å². The highest BCUT2D eigenvalue weighted by atomic mass is 19.1. The fraction of sp³-hybridized carbons (Fsp3) is 0.308. The summed E-state index contributed by atoms with van der Waals surface area (Å²) in [4.78, 5) is 33.4. The summed E-state index contributed by atoms with van der Waals surface area (Å²) in [5.74, 6) is -3.64. The number of carboxylic acid groups (broad SMARTS) is 1. The molecule has 8 heteroatoms. The summed E-state index contributed by atoms with van der Waals surface area (Å²) in [7, 11) is 0. The first-order chi connectivity index (χ1) is 9.63. The van der Waals surface area contributed by atoms with E-state index in [1.54, 1.807) is 0 Å². The predicted molar refractivity (Wildman–Crippen MR) is 71.3 cm³/mol. The van der Waals surface area contributed by atoms with Crippen LogP contribution >= 0.6 is 0 Å². The van der Waals surface area contributed by atoms with E-state index in [2.05, 4.69) is 10.6 Å². The number of nitrogens with one attached hydrogen (secondary N) is 2. The van der Waals surface area contributed by atoms with Crippen LogP contribution in [0.1, 0.15) is 24.2 Å². The number of carbonyl (C=O) groups is 3. The lowest BCUT2D eigenvalue weighted by atomic mass is 10.1. The third-order valence-corrected chi connectivity index (χ3v) is 2.59. The van der Waals surface area contributed by atoms with Gasteiger partial charge in [-0.3, -0.25) is 9.59 Å². The van der Waals surface area contributed by atoms with E-state index in [9.17, 15) is 23.9 Å². The Morgan fingerprint density at radius 2 is 1.95 bits per heavy atom. The second-order valence-electron chi connectivity index (χ2n) is 4.64. The Bertz CT molecular complexity index is 586. The number of amides is 2. The molecule has 21 heavy (non-hydrogen) atoms. The Kier molecular flexibility index (Phi) is 4.98. The minimum atomic E-state index is -2.17. The van der Waals surface area contributed by atoms with Crippen LogP contribution in [0.5, 0.6) is 0 Å². The molecule has 1 atom stereocenters. The largest absolute Gasteiger partial charge is 0.479 e. The summed E-state index contributed by atoms with van der Waals surface area (Å²) in [6, 6.07) is 3.39. The maximum absolute atomic E-state index is 13.6. The van der Waals surface area contributed by atoms with E-state index in [1.165, 1.54) is 13.0 Å². The van der Waals surface area contributed by atoms with E-state index in [4.69, 9.17) is 5.11 Å². The Morgan fingerprint density at radius 1 is 1.33 bits per heavy atom. The summed E-state index contributed by atoms with van der Waals surface area (Å²) in [6.07, 6.45) is 0. The van der Waals surface area contributed by atoms with Crippen LogP contribution in [-0.2, 0) is 9.59 Å². The van der Waals surface area contributed by atoms with E-state index in [-0.39, 0.29) is 17.2 Å². The van der Waals surface area contributed by atoms with Crippen LogP contribution in [0.2, 0.25) is 0 Å². The molecule has 1 unspecified atom stereocenters. The van der Waals surface area contributed by atoms with Gasteiger partial charge in [0.25, 0.3) is 5.91 Å². The molecule has 0 saturated carbocycles. The Labute approximate surface area is 119 Å². The Balaban J connectivity index is 2.87. The molecular weight excluding hydrogens is 283 g/mol. The molecule has 0 aliphatic heterocycles. The first-order valence-electron chi connectivity index (χ1n) is 5.94. The Hall–Kier alpha value is -2.48. The first kappa shape index (κ1) is 16.6. The van der Waals surface area contributed by atoms with Gasteiger partial charge in [0, 0.05) is 12.6 Å². The zero-order valence-corrected chi connectivity index (χ0v) is 11.4. The van der Waals surface area contributed by atoms with Crippen LogP contribution in [0, 0.1) is 5.82 Å². The lowest BCUT2D eigenvalue weighted by Gasteiger charge is -2.18. The molecule has 2 amide bonds. The number of rotatable bonds is 5. The molecule has 4 N–H and O–H groups in total. The van der Waals surface area contributed by atoms with Crippen molar-refractivity contribution in [2.24, 2.45) is 0 Å². The van der Waals surface area contributed by atoms with Gasteiger partial charge in [-0.2, -0.15) is 0 Å². The van der Waals surface area contributed by atoms with Crippen LogP contribution in [-0.4, -0.2) is 40.1 Å². The third kappa shape index (κ3) is 4.53. The molecule has 0 aliphatic rings. The van der Waals surface area contributed by atoms with Gasteiger partial charge < -0.3 is 20.8 Å². The molecule has 1 rings (SSSR count). The van der Waals surface area contributed by atoms with Crippen LogP contribution in [0.25, 0.3) is 0 Å². The van der Waals surface area contributed by atoms with E-state index < -0.39 is 29.8 Å². The van der Waals surface area contributed by atoms with Crippen molar-refractivity contribution in [3.8, 4) is 0 Å². The summed E-state index contributed by atoms with van der Waals surface area (Å²) in [6.45, 7) is 1.66. The number of aliphatic carboxylic acids is 1. The molecule has 0 heterocycles. The van der Waals surface area contributed by atoms with Gasteiger partial charge >= 0.3 is 5.97 Å². The average molecular weight is 298 g/mol. The lowest BCUT2D eigenvalue weighted by molar-refractivity contribution is -0.155. The SMILES string of the molecule is CC(=O)Nc1ccc(F)c(C(=O)NCC(C)(O)C(=O)O)c1. The van der Waals surface area contributed by atoms with Crippen molar-refractivity contribution in [1.29, 1.82) is 0 Å². The van der Waals surface area contributed by atoms with Gasteiger partial charge in [-0.25, -0.2) is 9.18 Å². The fourth-order valence-corrected chi connectivity index (χ4v) is 1.40. The number of hydrogen-bond donors (Lipinski definition) is 4. The van der Waals surface area contributed by atoms with Crippen molar-refractivity contribution in [3.63, 3.8) is 0 Å². The van der Waals surface area contributed by atoms with Gasteiger partial charge in [-0.15, -0.1) is 0 Å². The van der Waals surface area contributed by atoms with Crippen LogP contribution < -0.4 is 10.6 Å². The highest BCUT2D eigenvalue weighted by Crippen LogP contribution is 2.15. The second kappa shape index (κ2) is 6.31. The summed E-state index contributed by atoms with van der Waals surface area (Å²) >= 11 is 0. The van der Waals surface area contributed by atoms with Crippen molar-refractivity contribution in [3.05, 3.63) is 29.6 Å². The minimum absolute atomic E-state index is 0.221. The molecule has 1 aromatic carbocycles. The number of anilines is 1. The second-order valence-corrected chi connectivity index (χ2v) is 4.64. The molecule has 0 fully saturated rings. The van der Waals surface area contributed by atoms with E-state index in [0.29, 0.717) is 0 Å². The quantitative estimate of drug-likeness (QED) is 0.626. The van der Waals surface area contributed by atoms with Crippen LogP contribution in [0.4, 0.5) is 10.1 Å². The molecule has 0 aliphatic carbocycles. The zero-order valence-electron chi connectivity index (χ0n) is 11.4. The average Bonchev–Trinajstić information content (AvgIpc) is 2.37. The number of benzene rings is 1. The van der Waals surface area contributed by atoms with E-state index in [1.807, 2.05) is 0 Å². The van der Waals surface area contributed by atoms with Crippen LogP contribution in [0.15, 0.2) is 18.2 Å². The molecule has 0 bridgehead atoms. The van der Waals surface area contributed by atoms with Gasteiger partial charge in [0.05, 0.1) is 12.1 Å². The number of carbonyl (C=O) groups excluding carboxylic acids is 2. The van der Waals surface area contributed by atoms with E-state index in [0.717, 1.165) is 19.1 Å². The molecule has 0 saturated heterocycles. The highest BCUT2D eigenvalue weighted by Gasteiger charge is 2.30. The van der Waals surface area contributed by atoms with Gasteiger partial charge in [-0.05, 0) is 25.1 Å². The molecule has 114 valence electrons. The maximum atomic E-state index is 13.6. The van der Waals surface area contributed by atoms with Crippen molar-refractivity contribution in [1.82, 2.24) is 5.32 Å². The topological polar surface area (TPSA) is 116 Å². The normalized spacial score (nSPS) is 13.1. The van der Waals surface area contributed by atoms with Gasteiger partial charge in [-0.1, -0.05) is 0 Å². The molecule has 0 aromatic heterocycles. The van der Waals surface area contributed by atoms with Crippen molar-refractivity contribution < 1.29 is 29.0 Å². The molecule has 7 nitrogen and oxygen atoms in total. The van der Waals surface area contributed by atoms with Crippen molar-refractivity contribution in [2.45, 2.75) is 19.4 Å². The van der Waals surface area contributed by atoms with Crippen molar-refractivity contribution >= 4 is 23.5 Å². The summed E-state index contributed by atoms with van der Waals surface area (Å²) < 4.78 is 13.6. The molecule has 0 spiro atoms. The van der Waals surface area contributed by atoms with E-state index >= 15 is 0 Å². The zero-order chi connectivity index (χ0) is 16.2. The number of halogens is 1. The number of carboxylic acids is 1. The minimum Gasteiger partial charge on any atom is -0.479 e. The summed E-state index contributed by atoms with van der Waals surface area (Å²) in [5, 5.41) is 22.7. The fourth-order valence-electron chi connectivity index (χ4n) is 1.40. The van der Waals surface area contributed by atoms with Crippen LogP contribution in [0.3, 0.4) is 0 Å².